The van der Waals surface area contributed by atoms with Crippen LogP contribution >= 0.6 is 0 Å². The highest BCUT2D eigenvalue weighted by atomic mass is 15.3. The van der Waals surface area contributed by atoms with Gasteiger partial charge in [-0.3, -0.25) is 0 Å². The van der Waals surface area contributed by atoms with Crippen LogP contribution in [0.3, 0.4) is 0 Å². The number of nitrogens with zero attached hydrogens (tertiary/aromatic N) is 2. The smallest absolute Gasteiger partial charge is 0.224 e. The van der Waals surface area contributed by atoms with Gasteiger partial charge in [0.2, 0.25) is 6.17 Å². The molecule has 9 heavy (non-hydrogen) atoms. The Hall–Kier alpha value is -0.790. The normalized spacial score (nSPS) is 26.3. The van der Waals surface area contributed by atoms with Gasteiger partial charge >= 0.3 is 0 Å². The Bertz CT molecular complexity index is 158. The molecule has 1 aliphatic heterocycles. The van der Waals surface area contributed by atoms with E-state index in [0.717, 1.165) is 0 Å². The lowest BCUT2D eigenvalue weighted by Crippen LogP contribution is -2.36. The molecule has 0 bridgehead atoms. The molecular formula is C7H13N2+. The maximum absolute atomic E-state index is 2.17. The first-order valence-corrected chi connectivity index (χ1v) is 3.17. The highest BCUT2D eigenvalue weighted by molar-refractivity contribution is 5.66. The lowest BCUT2D eigenvalue weighted by molar-refractivity contribution is -0.553. The van der Waals surface area contributed by atoms with E-state index in [1.807, 2.05) is 6.08 Å². The number of hydrogen-bond donors (Lipinski definition) is 0. The van der Waals surface area contributed by atoms with E-state index in [0.29, 0.717) is 6.17 Å². The van der Waals surface area contributed by atoms with Crippen molar-refractivity contribution in [1.82, 2.24) is 4.90 Å². The molecule has 0 aliphatic carbocycles. The van der Waals surface area contributed by atoms with Crippen molar-refractivity contribution in [2.45, 2.75) is 13.1 Å². The molecule has 0 fully saturated rings. The summed E-state index contributed by atoms with van der Waals surface area (Å²) in [5.41, 5.74) is 0. The third-order valence-corrected chi connectivity index (χ3v) is 1.82. The molecule has 0 saturated carbocycles. The van der Waals surface area contributed by atoms with E-state index in [-0.39, 0.29) is 0 Å². The Morgan fingerprint density at radius 3 is 2.67 bits per heavy atom. The van der Waals surface area contributed by atoms with E-state index < -0.39 is 0 Å². The fourth-order valence-electron chi connectivity index (χ4n) is 0.846. The summed E-state index contributed by atoms with van der Waals surface area (Å²) in [5.74, 6) is 0. The first kappa shape index (κ1) is 6.33. The largest absolute Gasteiger partial charge is 0.324 e. The zero-order valence-electron chi connectivity index (χ0n) is 6.20. The van der Waals surface area contributed by atoms with E-state index in [9.17, 15) is 0 Å². The minimum atomic E-state index is 0.495. The third-order valence-electron chi connectivity index (χ3n) is 1.82. The van der Waals surface area contributed by atoms with E-state index >= 15 is 0 Å². The van der Waals surface area contributed by atoms with Crippen LogP contribution in [0.15, 0.2) is 12.3 Å². The number of allylic oxidation sites excluding steroid dienone is 1. The summed E-state index contributed by atoms with van der Waals surface area (Å²) >= 11 is 0. The topological polar surface area (TPSA) is 6.25 Å². The van der Waals surface area contributed by atoms with Crippen LogP contribution in [0.1, 0.15) is 6.92 Å². The first-order valence-electron chi connectivity index (χ1n) is 3.17. The summed E-state index contributed by atoms with van der Waals surface area (Å²) in [6.07, 6.45) is 6.69. The molecule has 50 valence electrons. The standard InChI is InChI=1S/C7H13N2/c1-7-8(2)5-4-6-9(7)3/h4-7H,1-3H3/q+1. The van der Waals surface area contributed by atoms with Gasteiger partial charge in [-0.15, -0.1) is 0 Å². The maximum atomic E-state index is 2.17. The zero-order valence-corrected chi connectivity index (χ0v) is 6.20. The Labute approximate surface area is 56.1 Å². The van der Waals surface area contributed by atoms with E-state index in [1.54, 1.807) is 0 Å². The van der Waals surface area contributed by atoms with Gasteiger partial charge in [0.15, 0.2) is 6.21 Å². The zero-order chi connectivity index (χ0) is 6.85. The molecule has 1 heterocycles. The monoisotopic (exact) mass is 125 g/mol. The fourth-order valence-corrected chi connectivity index (χ4v) is 0.846. The fraction of sp³-hybridized carbons (Fsp3) is 0.571. The molecule has 1 atom stereocenters. The van der Waals surface area contributed by atoms with Gasteiger partial charge in [0, 0.05) is 26.2 Å². The van der Waals surface area contributed by atoms with Crippen LogP contribution in [-0.4, -0.2) is 36.0 Å². The molecule has 1 unspecified atom stereocenters. The Kier molecular flexibility index (Phi) is 1.56. The predicted octanol–water partition coefficient (Wildman–Crippen LogP) is 0.505. The van der Waals surface area contributed by atoms with Gasteiger partial charge in [-0.25, -0.2) is 4.58 Å². The first-order chi connectivity index (χ1) is 4.22. The molecule has 1 aliphatic rings. The van der Waals surface area contributed by atoms with Gasteiger partial charge < -0.3 is 4.90 Å². The van der Waals surface area contributed by atoms with Gasteiger partial charge in [-0.1, -0.05) is 0 Å². The van der Waals surface area contributed by atoms with Crippen molar-refractivity contribution >= 4 is 6.21 Å². The van der Waals surface area contributed by atoms with Crippen LogP contribution < -0.4 is 0 Å². The van der Waals surface area contributed by atoms with Crippen molar-refractivity contribution in [3.63, 3.8) is 0 Å². The van der Waals surface area contributed by atoms with Crippen LogP contribution in [0.2, 0.25) is 0 Å². The molecule has 0 N–H and O–H groups in total. The predicted molar refractivity (Wildman–Crippen MR) is 38.6 cm³/mol. The van der Waals surface area contributed by atoms with Crippen LogP contribution in [-0.2, 0) is 0 Å². The molecule has 1 rings (SSSR count). The van der Waals surface area contributed by atoms with E-state index in [4.69, 9.17) is 0 Å². The van der Waals surface area contributed by atoms with Crippen molar-refractivity contribution in [3.05, 3.63) is 12.3 Å². The second kappa shape index (κ2) is 2.21. The van der Waals surface area contributed by atoms with E-state index in [2.05, 4.69) is 42.9 Å². The van der Waals surface area contributed by atoms with Crippen molar-refractivity contribution in [2.24, 2.45) is 0 Å². The molecule has 0 radical (unpaired) electrons. The Morgan fingerprint density at radius 1 is 1.56 bits per heavy atom. The van der Waals surface area contributed by atoms with Gasteiger partial charge in [0.1, 0.15) is 7.05 Å². The quantitative estimate of drug-likeness (QED) is 0.427. The summed E-state index contributed by atoms with van der Waals surface area (Å²) in [4.78, 5) is 2.17. The highest BCUT2D eigenvalue weighted by Crippen LogP contribution is 1.99. The van der Waals surface area contributed by atoms with Crippen molar-refractivity contribution in [1.29, 1.82) is 0 Å². The third kappa shape index (κ3) is 1.12. The Balaban J connectivity index is 2.73. The summed E-state index contributed by atoms with van der Waals surface area (Å²) < 4.78 is 2.17. The van der Waals surface area contributed by atoms with Crippen LogP contribution in [0.5, 0.6) is 0 Å². The molecule has 0 amide bonds. The average molecular weight is 125 g/mol. The second-order valence-corrected chi connectivity index (χ2v) is 2.45. The molecule has 2 nitrogen and oxygen atoms in total. The minimum absolute atomic E-state index is 0.495. The molecule has 0 spiro atoms. The lowest BCUT2D eigenvalue weighted by Gasteiger charge is -2.20. The summed E-state index contributed by atoms with van der Waals surface area (Å²) in [7, 11) is 4.15. The van der Waals surface area contributed by atoms with Gasteiger partial charge in [-0.2, -0.15) is 0 Å². The highest BCUT2D eigenvalue weighted by Gasteiger charge is 2.14. The molecule has 0 aromatic carbocycles. The minimum Gasteiger partial charge on any atom is -0.324 e. The Morgan fingerprint density at radius 2 is 2.22 bits per heavy atom. The van der Waals surface area contributed by atoms with Crippen LogP contribution in [0.25, 0.3) is 0 Å². The molecule has 0 aromatic heterocycles. The summed E-state index contributed by atoms with van der Waals surface area (Å²) in [5, 5.41) is 0. The summed E-state index contributed by atoms with van der Waals surface area (Å²) in [6, 6.07) is 0. The van der Waals surface area contributed by atoms with Crippen LogP contribution in [0.4, 0.5) is 0 Å². The van der Waals surface area contributed by atoms with Crippen LogP contribution in [0, 0.1) is 0 Å². The van der Waals surface area contributed by atoms with Gasteiger partial charge in [0.05, 0.1) is 0 Å². The van der Waals surface area contributed by atoms with Gasteiger partial charge in [-0.05, 0) is 0 Å². The summed E-state index contributed by atoms with van der Waals surface area (Å²) in [6.45, 7) is 2.17. The SMILES string of the molecule is CC1N(C)C=CC=[N+]1C. The lowest BCUT2D eigenvalue weighted by atomic mass is 10.4. The number of hydrogen-bond acceptors (Lipinski definition) is 1. The average Bonchev–Trinajstić information content (AvgIpc) is 1.83. The molecule has 0 saturated heterocycles. The molecule has 0 aromatic rings. The van der Waals surface area contributed by atoms with Crippen molar-refractivity contribution < 1.29 is 4.58 Å². The number of rotatable bonds is 0. The molecular weight excluding hydrogens is 112 g/mol. The van der Waals surface area contributed by atoms with Crippen molar-refractivity contribution in [2.75, 3.05) is 14.1 Å². The second-order valence-electron chi connectivity index (χ2n) is 2.45. The van der Waals surface area contributed by atoms with Gasteiger partial charge in [0.25, 0.3) is 0 Å². The molecule has 2 heteroatoms. The van der Waals surface area contributed by atoms with Crippen molar-refractivity contribution in [3.8, 4) is 0 Å². The van der Waals surface area contributed by atoms with E-state index in [1.165, 1.54) is 0 Å². The maximum Gasteiger partial charge on any atom is 0.224 e.